The Balaban J connectivity index is 1.87. The van der Waals surface area contributed by atoms with Crippen LogP contribution in [0.2, 0.25) is 0 Å². The number of benzene rings is 2. The SMILES string of the molecule is CCOC(=O)c1cc2c3ccccc3n(Cc3cc(F)cc(C(F)(F)F)c3)c2cn1. The van der Waals surface area contributed by atoms with Gasteiger partial charge in [-0.15, -0.1) is 0 Å². The van der Waals surface area contributed by atoms with Crippen LogP contribution in [0.15, 0.2) is 54.7 Å². The smallest absolute Gasteiger partial charge is 0.416 e. The van der Waals surface area contributed by atoms with Crippen molar-refractivity contribution in [3.8, 4) is 0 Å². The number of carbonyl (C=O) groups excluding carboxylic acids is 1. The third kappa shape index (κ3) is 3.60. The fourth-order valence-electron chi connectivity index (χ4n) is 3.52. The summed E-state index contributed by atoms with van der Waals surface area (Å²) in [6, 6.07) is 11.4. The predicted molar refractivity (Wildman–Crippen MR) is 104 cm³/mol. The molecule has 0 aliphatic carbocycles. The Morgan fingerprint density at radius 1 is 1.07 bits per heavy atom. The lowest BCUT2D eigenvalue weighted by atomic mass is 10.1. The number of halogens is 4. The largest absolute Gasteiger partial charge is 0.461 e. The number of ether oxygens (including phenoxy) is 1. The fourth-order valence-corrected chi connectivity index (χ4v) is 3.52. The number of carbonyl (C=O) groups is 1. The van der Waals surface area contributed by atoms with Crippen LogP contribution < -0.4 is 0 Å². The third-order valence-corrected chi connectivity index (χ3v) is 4.77. The lowest BCUT2D eigenvalue weighted by Gasteiger charge is -2.12. The molecule has 0 saturated carbocycles. The molecule has 0 bridgehead atoms. The molecule has 0 aliphatic heterocycles. The predicted octanol–water partition coefficient (Wildman–Crippen LogP) is 5.57. The van der Waals surface area contributed by atoms with Crippen LogP contribution in [0.4, 0.5) is 17.6 Å². The van der Waals surface area contributed by atoms with Crippen LogP contribution in [0.5, 0.6) is 0 Å². The molecule has 0 radical (unpaired) electrons. The first-order chi connectivity index (χ1) is 14.3. The van der Waals surface area contributed by atoms with Crippen molar-refractivity contribution >= 4 is 27.8 Å². The van der Waals surface area contributed by atoms with Crippen molar-refractivity contribution in [1.29, 1.82) is 0 Å². The second-order valence-electron chi connectivity index (χ2n) is 6.76. The van der Waals surface area contributed by atoms with E-state index in [4.69, 9.17) is 4.74 Å². The molecule has 30 heavy (non-hydrogen) atoms. The molecule has 0 spiro atoms. The Morgan fingerprint density at radius 2 is 1.83 bits per heavy atom. The Hall–Kier alpha value is -3.42. The van der Waals surface area contributed by atoms with Crippen molar-refractivity contribution in [3.63, 3.8) is 0 Å². The molecule has 154 valence electrons. The zero-order valence-electron chi connectivity index (χ0n) is 15.8. The normalized spacial score (nSPS) is 11.9. The summed E-state index contributed by atoms with van der Waals surface area (Å²) in [6.45, 7) is 1.91. The van der Waals surface area contributed by atoms with Crippen LogP contribution in [0, 0.1) is 5.82 Å². The molecular weight excluding hydrogens is 400 g/mol. The molecule has 0 saturated heterocycles. The molecule has 0 atom stereocenters. The number of esters is 1. The van der Waals surface area contributed by atoms with Gasteiger partial charge in [-0.05, 0) is 42.8 Å². The molecule has 2 aromatic heterocycles. The third-order valence-electron chi connectivity index (χ3n) is 4.77. The number of alkyl halides is 3. The highest BCUT2D eigenvalue weighted by atomic mass is 19.4. The summed E-state index contributed by atoms with van der Waals surface area (Å²) in [5.74, 6) is -1.51. The molecule has 0 N–H and O–H groups in total. The van der Waals surface area contributed by atoms with Crippen molar-refractivity contribution in [2.24, 2.45) is 0 Å². The van der Waals surface area contributed by atoms with Crippen molar-refractivity contribution in [3.05, 3.63) is 77.4 Å². The first kappa shape index (κ1) is 19.9. The summed E-state index contributed by atoms with van der Waals surface area (Å²) < 4.78 is 59.9. The van der Waals surface area contributed by atoms with Gasteiger partial charge in [-0.2, -0.15) is 13.2 Å². The van der Waals surface area contributed by atoms with Gasteiger partial charge in [0.25, 0.3) is 0 Å². The minimum Gasteiger partial charge on any atom is -0.461 e. The number of hydrogen-bond donors (Lipinski definition) is 0. The zero-order chi connectivity index (χ0) is 21.5. The van der Waals surface area contributed by atoms with Crippen LogP contribution >= 0.6 is 0 Å². The average Bonchev–Trinajstić information content (AvgIpc) is 3.00. The van der Waals surface area contributed by atoms with Crippen molar-refractivity contribution < 1.29 is 27.1 Å². The molecule has 4 aromatic rings. The van der Waals surface area contributed by atoms with E-state index < -0.39 is 23.5 Å². The highest BCUT2D eigenvalue weighted by molar-refractivity contribution is 6.09. The number of para-hydroxylation sites is 1. The lowest BCUT2D eigenvalue weighted by Crippen LogP contribution is -2.08. The first-order valence-electron chi connectivity index (χ1n) is 9.18. The Morgan fingerprint density at radius 3 is 2.57 bits per heavy atom. The van der Waals surface area contributed by atoms with Crippen LogP contribution in [-0.4, -0.2) is 22.1 Å². The second kappa shape index (κ2) is 7.44. The topological polar surface area (TPSA) is 44.1 Å². The Labute approximate surface area is 168 Å². The molecule has 0 aliphatic rings. The van der Waals surface area contributed by atoms with Gasteiger partial charge in [0, 0.05) is 22.8 Å². The monoisotopic (exact) mass is 416 g/mol. The van der Waals surface area contributed by atoms with Gasteiger partial charge in [0.1, 0.15) is 11.5 Å². The molecule has 8 heteroatoms. The summed E-state index contributed by atoms with van der Waals surface area (Å²) in [5, 5.41) is 1.50. The standard InChI is InChI=1S/C22H16F4N2O2/c1-2-30-21(29)18-10-17-16-5-3-4-6-19(16)28(20(17)11-27-18)12-13-7-14(22(24,25)26)9-15(23)8-13/h3-11H,2,12H2,1H3. The quantitative estimate of drug-likeness (QED) is 0.323. The van der Waals surface area contributed by atoms with E-state index in [9.17, 15) is 22.4 Å². The molecule has 0 fully saturated rings. The summed E-state index contributed by atoms with van der Waals surface area (Å²) in [6.07, 6.45) is -3.17. The van der Waals surface area contributed by atoms with E-state index in [2.05, 4.69) is 4.98 Å². The molecule has 0 amide bonds. The van der Waals surface area contributed by atoms with Crippen LogP contribution in [0.25, 0.3) is 21.8 Å². The summed E-state index contributed by atoms with van der Waals surface area (Å²) >= 11 is 0. The maximum atomic E-state index is 13.9. The molecule has 4 rings (SSSR count). The number of hydrogen-bond acceptors (Lipinski definition) is 3. The number of aromatic nitrogens is 2. The molecule has 0 unspecified atom stereocenters. The van der Waals surface area contributed by atoms with Crippen LogP contribution in [-0.2, 0) is 17.5 Å². The van der Waals surface area contributed by atoms with Gasteiger partial charge in [0.15, 0.2) is 0 Å². The number of nitrogens with zero attached hydrogens (tertiary/aromatic N) is 2. The van der Waals surface area contributed by atoms with Gasteiger partial charge in [0.05, 0.1) is 23.9 Å². The first-order valence-corrected chi connectivity index (χ1v) is 9.18. The van der Waals surface area contributed by atoms with E-state index in [1.807, 2.05) is 18.2 Å². The fraction of sp³-hybridized carbons (Fsp3) is 0.182. The van der Waals surface area contributed by atoms with Crippen LogP contribution in [0.3, 0.4) is 0 Å². The van der Waals surface area contributed by atoms with E-state index in [1.165, 1.54) is 6.20 Å². The van der Waals surface area contributed by atoms with Gasteiger partial charge in [-0.3, -0.25) is 0 Å². The number of rotatable bonds is 4. The average molecular weight is 416 g/mol. The van der Waals surface area contributed by atoms with Gasteiger partial charge in [-0.1, -0.05) is 18.2 Å². The Kier molecular flexibility index (Phi) is 4.93. The summed E-state index contributed by atoms with van der Waals surface area (Å²) in [5.41, 5.74) is 0.605. The van der Waals surface area contributed by atoms with Crippen LogP contribution in [0.1, 0.15) is 28.5 Å². The molecular formula is C22H16F4N2O2. The van der Waals surface area contributed by atoms with Gasteiger partial charge in [0.2, 0.25) is 0 Å². The maximum Gasteiger partial charge on any atom is 0.416 e. The molecule has 4 nitrogen and oxygen atoms in total. The number of fused-ring (bicyclic) bond motifs is 3. The highest BCUT2D eigenvalue weighted by Gasteiger charge is 2.31. The van der Waals surface area contributed by atoms with E-state index in [0.29, 0.717) is 17.0 Å². The van der Waals surface area contributed by atoms with E-state index in [-0.39, 0.29) is 24.4 Å². The minimum absolute atomic E-state index is 0.00524. The maximum absolute atomic E-state index is 13.9. The summed E-state index contributed by atoms with van der Waals surface area (Å²) in [4.78, 5) is 16.2. The van der Waals surface area contributed by atoms with Crippen molar-refractivity contribution in [2.75, 3.05) is 6.61 Å². The molecule has 2 aromatic carbocycles. The van der Waals surface area contributed by atoms with Gasteiger partial charge >= 0.3 is 12.1 Å². The Bertz CT molecular complexity index is 1260. The summed E-state index contributed by atoms with van der Waals surface area (Å²) in [7, 11) is 0. The minimum atomic E-state index is -4.65. The lowest BCUT2D eigenvalue weighted by molar-refractivity contribution is -0.137. The second-order valence-corrected chi connectivity index (χ2v) is 6.76. The molecule has 2 heterocycles. The van der Waals surface area contributed by atoms with Crippen molar-refractivity contribution in [2.45, 2.75) is 19.6 Å². The van der Waals surface area contributed by atoms with Crippen molar-refractivity contribution in [1.82, 2.24) is 9.55 Å². The van der Waals surface area contributed by atoms with Gasteiger partial charge < -0.3 is 9.30 Å². The highest BCUT2D eigenvalue weighted by Crippen LogP contribution is 2.33. The van der Waals surface area contributed by atoms with E-state index in [1.54, 1.807) is 23.6 Å². The van der Waals surface area contributed by atoms with E-state index >= 15 is 0 Å². The zero-order valence-corrected chi connectivity index (χ0v) is 15.8. The van der Waals surface area contributed by atoms with Gasteiger partial charge in [-0.25, -0.2) is 14.2 Å². The number of pyridine rings is 1. The van der Waals surface area contributed by atoms with E-state index in [0.717, 1.165) is 23.0 Å².